The Morgan fingerprint density at radius 3 is 2.24 bits per heavy atom. The Morgan fingerprint density at radius 1 is 0.879 bits per heavy atom. The summed E-state index contributed by atoms with van der Waals surface area (Å²) in [5.41, 5.74) is 1.53. The number of ether oxygens (including phenoxy) is 3. The van der Waals surface area contributed by atoms with Crippen molar-refractivity contribution in [1.29, 1.82) is 0 Å². The second kappa shape index (κ2) is 10.8. The summed E-state index contributed by atoms with van der Waals surface area (Å²) in [6.45, 7) is 0.293. The second-order valence-electron chi connectivity index (χ2n) is 6.86. The molecule has 8 nitrogen and oxygen atoms in total. The van der Waals surface area contributed by atoms with Crippen LogP contribution in [-0.2, 0) is 25.6 Å². The number of rotatable bonds is 7. The second-order valence-corrected chi connectivity index (χ2v) is 6.86. The SMILES string of the molecule is COC(=O)C1=C(C(=O)OC)N(c2ccccc2C(=O)NCc2ccc(OC)cc2)C=CC=C1. The highest BCUT2D eigenvalue weighted by atomic mass is 16.5. The lowest BCUT2D eigenvalue weighted by Gasteiger charge is -2.25. The van der Waals surface area contributed by atoms with Gasteiger partial charge in [0.2, 0.25) is 0 Å². The molecular formula is C25H24N2O6. The minimum absolute atomic E-state index is 0.00259. The van der Waals surface area contributed by atoms with Crippen LogP contribution in [0.5, 0.6) is 5.75 Å². The maximum atomic E-state index is 13.1. The number of nitrogens with one attached hydrogen (secondary N) is 1. The predicted molar refractivity (Wildman–Crippen MR) is 122 cm³/mol. The van der Waals surface area contributed by atoms with Gasteiger partial charge in [-0.25, -0.2) is 9.59 Å². The molecule has 1 heterocycles. The van der Waals surface area contributed by atoms with Crippen LogP contribution < -0.4 is 15.0 Å². The number of methoxy groups -OCH3 is 3. The third-order valence-electron chi connectivity index (χ3n) is 4.91. The standard InChI is InChI=1S/C25H24N2O6/c1-31-18-13-11-17(12-14-18)16-26-23(28)19-8-4-5-10-21(19)27-15-7-6-9-20(24(29)32-2)22(27)25(30)33-3/h4-15H,16H2,1-3H3,(H,26,28). The van der Waals surface area contributed by atoms with Crippen molar-refractivity contribution in [2.24, 2.45) is 0 Å². The van der Waals surface area contributed by atoms with Gasteiger partial charge in [-0.3, -0.25) is 4.79 Å². The van der Waals surface area contributed by atoms with E-state index in [1.54, 1.807) is 49.7 Å². The van der Waals surface area contributed by atoms with E-state index < -0.39 is 11.9 Å². The molecule has 0 atom stereocenters. The Morgan fingerprint density at radius 2 is 1.58 bits per heavy atom. The minimum atomic E-state index is -0.750. The maximum Gasteiger partial charge on any atom is 0.355 e. The summed E-state index contributed by atoms with van der Waals surface area (Å²) in [5.74, 6) is -1.08. The fourth-order valence-electron chi connectivity index (χ4n) is 3.25. The summed E-state index contributed by atoms with van der Waals surface area (Å²) in [5, 5.41) is 2.88. The molecule has 1 aliphatic rings. The molecule has 1 N–H and O–H groups in total. The molecule has 0 bridgehead atoms. The first-order valence-electron chi connectivity index (χ1n) is 10.0. The van der Waals surface area contributed by atoms with Gasteiger partial charge in [0.15, 0.2) is 0 Å². The summed E-state index contributed by atoms with van der Waals surface area (Å²) in [6, 6.07) is 14.1. The van der Waals surface area contributed by atoms with Crippen LogP contribution in [0, 0.1) is 0 Å². The lowest BCUT2D eigenvalue weighted by Crippen LogP contribution is -2.30. The van der Waals surface area contributed by atoms with Gasteiger partial charge in [0.1, 0.15) is 11.4 Å². The first-order chi connectivity index (χ1) is 16.0. The number of anilines is 1. The van der Waals surface area contributed by atoms with Crippen molar-refractivity contribution < 1.29 is 28.6 Å². The largest absolute Gasteiger partial charge is 0.497 e. The Hall–Kier alpha value is -4.33. The predicted octanol–water partition coefficient (Wildman–Crippen LogP) is 3.12. The zero-order valence-electron chi connectivity index (χ0n) is 18.5. The van der Waals surface area contributed by atoms with Crippen LogP contribution in [0.25, 0.3) is 0 Å². The lowest BCUT2D eigenvalue weighted by molar-refractivity contribution is -0.139. The Balaban J connectivity index is 1.96. The van der Waals surface area contributed by atoms with Crippen molar-refractivity contribution >= 4 is 23.5 Å². The lowest BCUT2D eigenvalue weighted by atomic mass is 10.1. The quantitative estimate of drug-likeness (QED) is 0.651. The van der Waals surface area contributed by atoms with Crippen molar-refractivity contribution in [2.45, 2.75) is 6.54 Å². The number of carbonyl (C=O) groups is 3. The molecule has 0 spiro atoms. The van der Waals surface area contributed by atoms with Gasteiger partial charge in [-0.1, -0.05) is 30.3 Å². The van der Waals surface area contributed by atoms with Gasteiger partial charge < -0.3 is 24.4 Å². The van der Waals surface area contributed by atoms with Gasteiger partial charge in [0.25, 0.3) is 5.91 Å². The van der Waals surface area contributed by atoms with Gasteiger partial charge >= 0.3 is 11.9 Å². The van der Waals surface area contributed by atoms with E-state index in [1.165, 1.54) is 25.2 Å². The van der Waals surface area contributed by atoms with E-state index in [0.717, 1.165) is 11.3 Å². The monoisotopic (exact) mass is 448 g/mol. The Bertz CT molecular complexity index is 1130. The summed E-state index contributed by atoms with van der Waals surface area (Å²) in [6.07, 6.45) is 6.28. The van der Waals surface area contributed by atoms with Crippen molar-refractivity contribution in [3.8, 4) is 5.75 Å². The van der Waals surface area contributed by atoms with Crippen molar-refractivity contribution in [1.82, 2.24) is 5.32 Å². The molecular weight excluding hydrogens is 424 g/mol. The number of hydrogen-bond acceptors (Lipinski definition) is 7. The first-order valence-corrected chi connectivity index (χ1v) is 10.0. The van der Waals surface area contributed by atoms with Gasteiger partial charge in [-0.2, -0.15) is 0 Å². The highest BCUT2D eigenvalue weighted by Crippen LogP contribution is 2.29. The van der Waals surface area contributed by atoms with E-state index in [4.69, 9.17) is 14.2 Å². The minimum Gasteiger partial charge on any atom is -0.497 e. The summed E-state index contributed by atoms with van der Waals surface area (Å²) >= 11 is 0. The zero-order valence-corrected chi connectivity index (χ0v) is 18.5. The highest BCUT2D eigenvalue weighted by molar-refractivity contribution is 6.07. The fourth-order valence-corrected chi connectivity index (χ4v) is 3.25. The molecule has 0 unspecified atom stereocenters. The maximum absolute atomic E-state index is 13.1. The zero-order chi connectivity index (χ0) is 23.8. The van der Waals surface area contributed by atoms with E-state index in [1.807, 2.05) is 24.3 Å². The van der Waals surface area contributed by atoms with Crippen LogP contribution in [0.15, 0.2) is 84.2 Å². The third kappa shape index (κ3) is 5.30. The van der Waals surface area contributed by atoms with E-state index >= 15 is 0 Å². The molecule has 8 heteroatoms. The number of benzene rings is 2. The van der Waals surface area contributed by atoms with Crippen molar-refractivity contribution in [3.63, 3.8) is 0 Å². The van der Waals surface area contributed by atoms with Gasteiger partial charge in [0, 0.05) is 12.7 Å². The van der Waals surface area contributed by atoms with Gasteiger partial charge in [-0.15, -0.1) is 0 Å². The van der Waals surface area contributed by atoms with Crippen LogP contribution in [0.1, 0.15) is 15.9 Å². The number of nitrogens with zero attached hydrogens (tertiary/aromatic N) is 1. The van der Waals surface area contributed by atoms with E-state index in [2.05, 4.69) is 5.32 Å². The molecule has 2 aromatic rings. The fraction of sp³-hybridized carbons (Fsp3) is 0.160. The highest BCUT2D eigenvalue weighted by Gasteiger charge is 2.29. The van der Waals surface area contributed by atoms with Crippen LogP contribution in [0.4, 0.5) is 5.69 Å². The van der Waals surface area contributed by atoms with Gasteiger partial charge in [0.05, 0.1) is 38.2 Å². The van der Waals surface area contributed by atoms with Gasteiger partial charge in [-0.05, 0) is 42.0 Å². The smallest absolute Gasteiger partial charge is 0.355 e. The van der Waals surface area contributed by atoms with Crippen LogP contribution in [0.2, 0.25) is 0 Å². The molecule has 2 aromatic carbocycles. The molecule has 33 heavy (non-hydrogen) atoms. The summed E-state index contributed by atoms with van der Waals surface area (Å²) in [7, 11) is 4.03. The number of hydrogen-bond donors (Lipinski definition) is 1. The topological polar surface area (TPSA) is 94.2 Å². The average Bonchev–Trinajstić information content (AvgIpc) is 3.09. The number of esters is 2. The summed E-state index contributed by atoms with van der Waals surface area (Å²) < 4.78 is 14.9. The number of amides is 1. The number of carbonyl (C=O) groups excluding carboxylic acids is 3. The van der Waals surface area contributed by atoms with E-state index in [-0.39, 0.29) is 17.2 Å². The van der Waals surface area contributed by atoms with Crippen molar-refractivity contribution in [2.75, 3.05) is 26.2 Å². The molecule has 170 valence electrons. The molecule has 0 aliphatic carbocycles. The van der Waals surface area contributed by atoms with E-state index in [9.17, 15) is 14.4 Å². The molecule has 1 aliphatic heterocycles. The molecule has 0 fully saturated rings. The number of para-hydroxylation sites is 1. The normalized spacial score (nSPS) is 12.8. The van der Waals surface area contributed by atoms with Crippen LogP contribution in [0.3, 0.4) is 0 Å². The molecule has 0 saturated carbocycles. The molecule has 0 saturated heterocycles. The first kappa shape index (κ1) is 23.3. The third-order valence-corrected chi connectivity index (χ3v) is 4.91. The summed E-state index contributed by atoms with van der Waals surface area (Å²) in [4.78, 5) is 39.6. The van der Waals surface area contributed by atoms with Crippen LogP contribution >= 0.6 is 0 Å². The number of allylic oxidation sites excluding steroid dienone is 2. The molecule has 0 radical (unpaired) electrons. The average molecular weight is 448 g/mol. The van der Waals surface area contributed by atoms with Crippen molar-refractivity contribution in [3.05, 3.63) is 95.4 Å². The van der Waals surface area contributed by atoms with Crippen LogP contribution in [-0.4, -0.2) is 39.2 Å². The Labute approximate surface area is 191 Å². The molecule has 3 rings (SSSR count). The molecule has 0 aromatic heterocycles. The van der Waals surface area contributed by atoms with E-state index in [0.29, 0.717) is 17.8 Å². The molecule has 1 amide bonds. The Kier molecular flexibility index (Phi) is 7.64.